The van der Waals surface area contributed by atoms with Crippen LogP contribution in [0.4, 0.5) is 5.13 Å². The lowest BCUT2D eigenvalue weighted by Crippen LogP contribution is -2.37. The summed E-state index contributed by atoms with van der Waals surface area (Å²) in [5, 5.41) is 1.38. The highest BCUT2D eigenvalue weighted by molar-refractivity contribution is 8.00. The smallest absolute Gasteiger partial charge is 0.239 e. The zero-order valence-corrected chi connectivity index (χ0v) is 19.6. The average Bonchev–Trinajstić information content (AvgIpc) is 3.11. The number of aromatic nitrogens is 1. The number of fused-ring (bicyclic) bond motifs is 1. The molecule has 3 rings (SSSR count). The van der Waals surface area contributed by atoms with Crippen molar-refractivity contribution in [2.75, 3.05) is 44.9 Å². The first-order chi connectivity index (χ1) is 13.5. The molecule has 0 unspecified atom stereocenters. The van der Waals surface area contributed by atoms with Gasteiger partial charge in [0.05, 0.1) is 17.6 Å². The standard InChI is InChI=1S/C20H22ClN3O2S2.ClH/c1-23(2)11-12-24(18(25)13-27-15-9-7-14(21)8-10-15)20-22-19-16(26-3)5-4-6-17(19)28-20;/h4-10H,11-13H2,1-3H3;1H. The number of para-hydroxylation sites is 1. The number of rotatable bonds is 8. The highest BCUT2D eigenvalue weighted by Crippen LogP contribution is 2.34. The molecule has 0 saturated heterocycles. The Bertz CT molecular complexity index is 949. The van der Waals surface area contributed by atoms with Crippen LogP contribution >= 0.6 is 47.1 Å². The Morgan fingerprint density at radius 2 is 1.90 bits per heavy atom. The van der Waals surface area contributed by atoms with E-state index >= 15 is 0 Å². The number of anilines is 1. The number of thiazole rings is 1. The molecule has 5 nitrogen and oxygen atoms in total. The molecule has 1 heterocycles. The second-order valence-electron chi connectivity index (χ2n) is 6.39. The van der Waals surface area contributed by atoms with Crippen LogP contribution in [-0.2, 0) is 4.79 Å². The molecule has 0 bridgehead atoms. The van der Waals surface area contributed by atoms with Crippen LogP contribution < -0.4 is 9.64 Å². The number of carbonyl (C=O) groups excluding carboxylic acids is 1. The van der Waals surface area contributed by atoms with Gasteiger partial charge in [-0.2, -0.15) is 0 Å². The Balaban J connectivity index is 0.00000300. The van der Waals surface area contributed by atoms with Crippen molar-refractivity contribution < 1.29 is 9.53 Å². The quantitative estimate of drug-likeness (QED) is 0.429. The van der Waals surface area contributed by atoms with Gasteiger partial charge in [0.25, 0.3) is 0 Å². The minimum absolute atomic E-state index is 0. The summed E-state index contributed by atoms with van der Waals surface area (Å²) in [5.41, 5.74) is 0.790. The van der Waals surface area contributed by atoms with Crippen molar-refractivity contribution in [1.82, 2.24) is 9.88 Å². The van der Waals surface area contributed by atoms with E-state index in [1.54, 1.807) is 12.0 Å². The van der Waals surface area contributed by atoms with E-state index in [1.807, 2.05) is 56.6 Å². The lowest BCUT2D eigenvalue weighted by atomic mass is 10.3. The van der Waals surface area contributed by atoms with Gasteiger partial charge in [-0.05, 0) is 50.5 Å². The predicted molar refractivity (Wildman–Crippen MR) is 127 cm³/mol. The maximum atomic E-state index is 13.0. The normalized spacial score (nSPS) is 10.8. The fourth-order valence-corrected chi connectivity index (χ4v) is 4.50. The Morgan fingerprint density at radius 1 is 1.17 bits per heavy atom. The molecule has 9 heteroatoms. The van der Waals surface area contributed by atoms with Gasteiger partial charge < -0.3 is 9.64 Å². The molecule has 29 heavy (non-hydrogen) atoms. The second kappa shape index (κ2) is 11.0. The minimum Gasteiger partial charge on any atom is -0.494 e. The van der Waals surface area contributed by atoms with E-state index in [0.717, 1.165) is 27.4 Å². The fraction of sp³-hybridized carbons (Fsp3) is 0.300. The summed E-state index contributed by atoms with van der Waals surface area (Å²) in [6, 6.07) is 13.3. The molecule has 1 aromatic heterocycles. The molecule has 0 aliphatic carbocycles. The zero-order valence-electron chi connectivity index (χ0n) is 16.4. The summed E-state index contributed by atoms with van der Waals surface area (Å²) in [7, 11) is 5.62. The Hall–Kier alpha value is -1.51. The van der Waals surface area contributed by atoms with E-state index in [-0.39, 0.29) is 18.3 Å². The molecular weight excluding hydrogens is 449 g/mol. The number of benzene rings is 2. The SMILES string of the molecule is COc1cccc2sc(N(CCN(C)C)C(=O)CSc3ccc(Cl)cc3)nc12.Cl. The van der Waals surface area contributed by atoms with Crippen LogP contribution in [0, 0.1) is 0 Å². The maximum Gasteiger partial charge on any atom is 0.239 e. The summed E-state index contributed by atoms with van der Waals surface area (Å²) in [5.74, 6) is 1.08. The number of nitrogens with zero attached hydrogens (tertiary/aromatic N) is 3. The lowest BCUT2D eigenvalue weighted by Gasteiger charge is -2.21. The molecule has 0 aliphatic rings. The summed E-state index contributed by atoms with van der Waals surface area (Å²) < 4.78 is 6.41. The van der Waals surface area contributed by atoms with Gasteiger partial charge in [-0.25, -0.2) is 4.98 Å². The van der Waals surface area contributed by atoms with Gasteiger partial charge in [0, 0.05) is 23.0 Å². The van der Waals surface area contributed by atoms with Crippen LogP contribution in [0.3, 0.4) is 0 Å². The highest BCUT2D eigenvalue weighted by atomic mass is 35.5. The van der Waals surface area contributed by atoms with Gasteiger partial charge in [0.15, 0.2) is 5.13 Å². The first-order valence-corrected chi connectivity index (χ1v) is 10.9. The fourth-order valence-electron chi connectivity index (χ4n) is 2.57. The Morgan fingerprint density at radius 3 is 2.55 bits per heavy atom. The molecule has 0 saturated carbocycles. The molecule has 2 aromatic carbocycles. The van der Waals surface area contributed by atoms with Crippen molar-refractivity contribution in [3.05, 3.63) is 47.5 Å². The lowest BCUT2D eigenvalue weighted by molar-refractivity contribution is -0.116. The molecule has 0 fully saturated rings. The van der Waals surface area contributed by atoms with E-state index in [0.29, 0.717) is 22.5 Å². The summed E-state index contributed by atoms with van der Waals surface area (Å²) >= 11 is 8.94. The van der Waals surface area contributed by atoms with Gasteiger partial charge >= 0.3 is 0 Å². The summed E-state index contributed by atoms with van der Waals surface area (Å²) in [4.78, 5) is 22.6. The van der Waals surface area contributed by atoms with Crippen molar-refractivity contribution in [2.45, 2.75) is 4.90 Å². The van der Waals surface area contributed by atoms with E-state index in [1.165, 1.54) is 23.1 Å². The van der Waals surface area contributed by atoms with Gasteiger partial charge in [-0.3, -0.25) is 9.69 Å². The number of hydrogen-bond donors (Lipinski definition) is 0. The van der Waals surface area contributed by atoms with E-state index in [2.05, 4.69) is 4.90 Å². The number of halogens is 2. The first-order valence-electron chi connectivity index (χ1n) is 8.75. The minimum atomic E-state index is 0. The monoisotopic (exact) mass is 471 g/mol. The maximum absolute atomic E-state index is 13.0. The van der Waals surface area contributed by atoms with Gasteiger partial charge in [0.2, 0.25) is 5.91 Å². The zero-order chi connectivity index (χ0) is 20.1. The highest BCUT2D eigenvalue weighted by Gasteiger charge is 2.21. The molecule has 3 aromatic rings. The molecule has 0 radical (unpaired) electrons. The third kappa shape index (κ3) is 6.23. The summed E-state index contributed by atoms with van der Waals surface area (Å²) in [6.07, 6.45) is 0. The van der Waals surface area contributed by atoms with Gasteiger partial charge in [0.1, 0.15) is 11.3 Å². The van der Waals surface area contributed by atoms with Gasteiger partial charge in [-0.1, -0.05) is 29.0 Å². The van der Waals surface area contributed by atoms with Crippen molar-refractivity contribution in [3.8, 4) is 5.75 Å². The van der Waals surface area contributed by atoms with E-state index < -0.39 is 0 Å². The van der Waals surface area contributed by atoms with Crippen LogP contribution in [0.1, 0.15) is 0 Å². The number of amides is 1. The number of likely N-dealkylation sites (N-methyl/N-ethyl adjacent to an activating group) is 1. The van der Waals surface area contributed by atoms with Crippen LogP contribution in [0.15, 0.2) is 47.4 Å². The topological polar surface area (TPSA) is 45.7 Å². The molecular formula is C20H23Cl2N3O2S2. The van der Waals surface area contributed by atoms with Crippen LogP contribution in [-0.4, -0.2) is 55.8 Å². The third-order valence-corrected chi connectivity index (χ3v) is 6.36. The Kier molecular flexibility index (Phi) is 9.04. The van der Waals surface area contributed by atoms with Crippen molar-refractivity contribution >= 4 is 68.4 Å². The average molecular weight is 472 g/mol. The van der Waals surface area contributed by atoms with E-state index in [4.69, 9.17) is 21.3 Å². The number of carbonyl (C=O) groups is 1. The van der Waals surface area contributed by atoms with Crippen molar-refractivity contribution in [1.29, 1.82) is 0 Å². The van der Waals surface area contributed by atoms with Crippen LogP contribution in [0.5, 0.6) is 5.75 Å². The molecule has 0 N–H and O–H groups in total. The molecule has 0 spiro atoms. The largest absolute Gasteiger partial charge is 0.494 e. The summed E-state index contributed by atoms with van der Waals surface area (Å²) in [6.45, 7) is 1.33. The number of thioether (sulfide) groups is 1. The van der Waals surface area contributed by atoms with Crippen molar-refractivity contribution in [3.63, 3.8) is 0 Å². The molecule has 0 aliphatic heterocycles. The number of methoxy groups -OCH3 is 1. The Labute approximate surface area is 190 Å². The van der Waals surface area contributed by atoms with Crippen molar-refractivity contribution in [2.24, 2.45) is 0 Å². The van der Waals surface area contributed by atoms with E-state index in [9.17, 15) is 4.79 Å². The molecule has 156 valence electrons. The predicted octanol–water partition coefficient (Wildman–Crippen LogP) is 5.07. The van der Waals surface area contributed by atoms with Gasteiger partial charge in [-0.15, -0.1) is 24.2 Å². The first kappa shape index (κ1) is 23.8. The number of ether oxygens (including phenoxy) is 1. The third-order valence-electron chi connectivity index (χ3n) is 4.07. The molecule has 1 amide bonds. The number of hydrogen-bond acceptors (Lipinski definition) is 6. The molecule has 0 atom stereocenters. The van der Waals surface area contributed by atoms with Crippen LogP contribution in [0.2, 0.25) is 5.02 Å². The second-order valence-corrected chi connectivity index (χ2v) is 8.89. The van der Waals surface area contributed by atoms with Crippen LogP contribution in [0.25, 0.3) is 10.2 Å².